The van der Waals surface area contributed by atoms with Crippen LogP contribution < -0.4 is 0 Å². The molecule has 0 fully saturated rings. The summed E-state index contributed by atoms with van der Waals surface area (Å²) in [5.74, 6) is 1.74. The summed E-state index contributed by atoms with van der Waals surface area (Å²) in [6.45, 7) is 9.51. The first-order chi connectivity index (χ1) is 8.58. The second-order valence-electron chi connectivity index (χ2n) is 4.23. The molecule has 0 aliphatic carbocycles. The van der Waals surface area contributed by atoms with Gasteiger partial charge in [-0.1, -0.05) is 25.6 Å². The molecule has 1 aromatic heterocycles. The Morgan fingerprint density at radius 3 is 2.50 bits per heavy atom. The van der Waals surface area contributed by atoms with Gasteiger partial charge in [0.1, 0.15) is 0 Å². The number of thioether (sulfide) groups is 1. The molecule has 0 aromatic carbocycles. The Morgan fingerprint density at radius 1 is 1.33 bits per heavy atom. The third-order valence-corrected chi connectivity index (χ3v) is 3.39. The molecular formula is C12H21N3O2S. The van der Waals surface area contributed by atoms with E-state index in [4.69, 9.17) is 4.42 Å². The Hall–Kier alpha value is -1.04. The van der Waals surface area contributed by atoms with E-state index in [9.17, 15) is 4.79 Å². The first kappa shape index (κ1) is 15.0. The van der Waals surface area contributed by atoms with Crippen molar-refractivity contribution in [2.45, 2.75) is 45.3 Å². The molecule has 1 rings (SSSR count). The van der Waals surface area contributed by atoms with Crippen LogP contribution in [0.4, 0.5) is 0 Å². The zero-order chi connectivity index (χ0) is 13.5. The van der Waals surface area contributed by atoms with Crippen LogP contribution in [0.25, 0.3) is 0 Å². The first-order valence-corrected chi connectivity index (χ1v) is 7.31. The van der Waals surface area contributed by atoms with Crippen molar-refractivity contribution in [2.24, 2.45) is 0 Å². The molecule has 1 aromatic rings. The highest BCUT2D eigenvalue weighted by Gasteiger charge is 2.12. The zero-order valence-corrected chi connectivity index (χ0v) is 12.3. The number of nitrogens with zero attached hydrogens (tertiary/aromatic N) is 3. The van der Waals surface area contributed by atoms with Gasteiger partial charge in [-0.25, -0.2) is 0 Å². The molecule has 1 heterocycles. The Balaban J connectivity index is 2.34. The lowest BCUT2D eigenvalue weighted by molar-refractivity contribution is -0.130. The van der Waals surface area contributed by atoms with E-state index in [1.54, 1.807) is 0 Å². The van der Waals surface area contributed by atoms with Gasteiger partial charge in [-0.05, 0) is 13.8 Å². The normalized spacial score (nSPS) is 10.9. The van der Waals surface area contributed by atoms with Crippen LogP contribution in [-0.2, 0) is 4.79 Å². The van der Waals surface area contributed by atoms with Crippen molar-refractivity contribution in [3.8, 4) is 0 Å². The molecule has 102 valence electrons. The minimum atomic E-state index is 0.177. The molecular weight excluding hydrogens is 250 g/mol. The highest BCUT2D eigenvalue weighted by molar-refractivity contribution is 7.99. The van der Waals surface area contributed by atoms with Gasteiger partial charge in [-0.15, -0.1) is 10.2 Å². The van der Waals surface area contributed by atoms with E-state index in [2.05, 4.69) is 10.2 Å². The minimum absolute atomic E-state index is 0.177. The zero-order valence-electron chi connectivity index (χ0n) is 11.5. The maximum absolute atomic E-state index is 11.8. The molecule has 0 unspecified atom stereocenters. The van der Waals surface area contributed by atoms with Crippen LogP contribution in [-0.4, -0.2) is 39.8 Å². The smallest absolute Gasteiger partial charge is 0.276 e. The highest BCUT2D eigenvalue weighted by atomic mass is 32.2. The minimum Gasteiger partial charge on any atom is -0.416 e. The lowest BCUT2D eigenvalue weighted by Gasteiger charge is -2.17. The SMILES string of the molecule is CCN(CC)C(=O)CCSc1nnc(C(C)C)o1. The van der Waals surface area contributed by atoms with Crippen LogP contribution >= 0.6 is 11.8 Å². The highest BCUT2D eigenvalue weighted by Crippen LogP contribution is 2.20. The van der Waals surface area contributed by atoms with Crippen molar-refractivity contribution in [3.05, 3.63) is 5.89 Å². The van der Waals surface area contributed by atoms with Crippen LogP contribution in [0.2, 0.25) is 0 Å². The summed E-state index contributed by atoms with van der Waals surface area (Å²) < 4.78 is 5.46. The van der Waals surface area contributed by atoms with Crippen molar-refractivity contribution in [2.75, 3.05) is 18.8 Å². The molecule has 0 N–H and O–H groups in total. The average molecular weight is 271 g/mol. The number of rotatable bonds is 7. The number of carbonyl (C=O) groups excluding carboxylic acids is 1. The number of hydrogen-bond donors (Lipinski definition) is 0. The van der Waals surface area contributed by atoms with Gasteiger partial charge in [0, 0.05) is 31.2 Å². The van der Waals surface area contributed by atoms with Crippen molar-refractivity contribution < 1.29 is 9.21 Å². The maximum atomic E-state index is 11.8. The molecule has 0 spiro atoms. The predicted molar refractivity (Wildman–Crippen MR) is 71.7 cm³/mol. The molecule has 5 nitrogen and oxygen atoms in total. The lowest BCUT2D eigenvalue weighted by atomic mass is 10.2. The third-order valence-electron chi connectivity index (χ3n) is 2.57. The molecule has 1 amide bonds. The summed E-state index contributed by atoms with van der Waals surface area (Å²) in [5, 5.41) is 8.44. The van der Waals surface area contributed by atoms with Crippen LogP contribution in [0.3, 0.4) is 0 Å². The van der Waals surface area contributed by atoms with E-state index < -0.39 is 0 Å². The molecule has 0 saturated carbocycles. The average Bonchev–Trinajstić information content (AvgIpc) is 2.79. The maximum Gasteiger partial charge on any atom is 0.276 e. The van der Waals surface area contributed by atoms with Crippen LogP contribution in [0, 0.1) is 0 Å². The monoisotopic (exact) mass is 271 g/mol. The summed E-state index contributed by atoms with van der Waals surface area (Å²) in [4.78, 5) is 13.6. The fourth-order valence-corrected chi connectivity index (χ4v) is 2.17. The summed E-state index contributed by atoms with van der Waals surface area (Å²) in [6, 6.07) is 0. The van der Waals surface area contributed by atoms with Gasteiger partial charge in [0.2, 0.25) is 11.8 Å². The van der Waals surface area contributed by atoms with Gasteiger partial charge < -0.3 is 9.32 Å². The van der Waals surface area contributed by atoms with Gasteiger partial charge in [-0.3, -0.25) is 4.79 Å². The number of hydrogen-bond acceptors (Lipinski definition) is 5. The summed E-state index contributed by atoms with van der Waals surface area (Å²) in [5.41, 5.74) is 0. The van der Waals surface area contributed by atoms with Crippen LogP contribution in [0.1, 0.15) is 45.9 Å². The Morgan fingerprint density at radius 2 is 2.00 bits per heavy atom. The van der Waals surface area contributed by atoms with Crippen molar-refractivity contribution in [1.29, 1.82) is 0 Å². The fourth-order valence-electron chi connectivity index (χ4n) is 1.47. The lowest BCUT2D eigenvalue weighted by Crippen LogP contribution is -2.30. The van der Waals surface area contributed by atoms with Gasteiger partial charge >= 0.3 is 0 Å². The molecule has 6 heteroatoms. The van der Waals surface area contributed by atoms with E-state index in [0.29, 0.717) is 23.3 Å². The van der Waals surface area contributed by atoms with Crippen molar-refractivity contribution in [1.82, 2.24) is 15.1 Å². The van der Waals surface area contributed by atoms with Crippen molar-refractivity contribution in [3.63, 3.8) is 0 Å². The Bertz CT molecular complexity index is 375. The molecule has 0 aliphatic heterocycles. The first-order valence-electron chi connectivity index (χ1n) is 6.32. The fraction of sp³-hybridized carbons (Fsp3) is 0.750. The molecule has 0 bridgehead atoms. The molecule has 18 heavy (non-hydrogen) atoms. The number of aromatic nitrogens is 2. The second kappa shape index (κ2) is 7.41. The van der Waals surface area contributed by atoms with E-state index in [1.807, 2.05) is 32.6 Å². The Kier molecular flexibility index (Phi) is 6.18. The summed E-state index contributed by atoms with van der Waals surface area (Å²) in [6.07, 6.45) is 0.506. The van der Waals surface area contributed by atoms with Crippen LogP contribution in [0.5, 0.6) is 0 Å². The molecule has 0 radical (unpaired) electrons. The van der Waals surface area contributed by atoms with Crippen molar-refractivity contribution >= 4 is 17.7 Å². The summed E-state index contributed by atoms with van der Waals surface area (Å²) >= 11 is 1.44. The number of carbonyl (C=O) groups is 1. The number of amides is 1. The third kappa shape index (κ3) is 4.33. The van der Waals surface area contributed by atoms with E-state index in [0.717, 1.165) is 13.1 Å². The van der Waals surface area contributed by atoms with Crippen LogP contribution in [0.15, 0.2) is 9.64 Å². The van der Waals surface area contributed by atoms with Gasteiger partial charge in [-0.2, -0.15) is 0 Å². The summed E-state index contributed by atoms with van der Waals surface area (Å²) in [7, 11) is 0. The Labute approximate surface area is 112 Å². The second-order valence-corrected chi connectivity index (χ2v) is 5.27. The predicted octanol–water partition coefficient (Wildman–Crippen LogP) is 2.54. The largest absolute Gasteiger partial charge is 0.416 e. The van der Waals surface area contributed by atoms with E-state index in [1.165, 1.54) is 11.8 Å². The van der Waals surface area contributed by atoms with Gasteiger partial charge in [0.05, 0.1) is 0 Å². The molecule has 0 saturated heterocycles. The topological polar surface area (TPSA) is 59.2 Å². The van der Waals surface area contributed by atoms with E-state index >= 15 is 0 Å². The molecule has 0 aliphatic rings. The standard InChI is InChI=1S/C12H21N3O2S/c1-5-15(6-2)10(16)7-8-18-12-14-13-11(17-12)9(3)4/h9H,5-8H2,1-4H3. The molecule has 0 atom stereocenters. The van der Waals surface area contributed by atoms with E-state index in [-0.39, 0.29) is 11.8 Å². The van der Waals surface area contributed by atoms with Gasteiger partial charge in [0.15, 0.2) is 0 Å². The quantitative estimate of drug-likeness (QED) is 0.713. The van der Waals surface area contributed by atoms with Gasteiger partial charge in [0.25, 0.3) is 5.22 Å².